The summed E-state index contributed by atoms with van der Waals surface area (Å²) >= 11 is 5.73. The van der Waals surface area contributed by atoms with Crippen LogP contribution in [0.1, 0.15) is 17.3 Å². The molecule has 0 aliphatic heterocycles. The maximum atomic E-state index is 13.6. The fourth-order valence-corrected chi connectivity index (χ4v) is 1.66. The lowest BCUT2D eigenvalue weighted by molar-refractivity contribution is -0.385. The van der Waals surface area contributed by atoms with E-state index in [0.717, 1.165) is 18.2 Å². The standard InChI is InChI=1S/C11H12ClFN2O3/c1-7(12)6-14(2)11(16)9-4-3-8(15(17)18)5-10(9)13/h3-5,7H,6H2,1-2H3. The number of carbonyl (C=O) groups excluding carboxylic acids is 1. The molecule has 0 aromatic heterocycles. The summed E-state index contributed by atoms with van der Waals surface area (Å²) in [5, 5.41) is 10.2. The first-order valence-electron chi connectivity index (χ1n) is 5.16. The largest absolute Gasteiger partial charge is 0.340 e. The van der Waals surface area contributed by atoms with Crippen molar-refractivity contribution in [3.63, 3.8) is 0 Å². The van der Waals surface area contributed by atoms with Gasteiger partial charge in [0.15, 0.2) is 0 Å². The first-order chi connectivity index (χ1) is 8.32. The van der Waals surface area contributed by atoms with E-state index < -0.39 is 22.3 Å². The lowest BCUT2D eigenvalue weighted by Crippen LogP contribution is -2.31. The van der Waals surface area contributed by atoms with Crippen LogP contribution in [0.2, 0.25) is 0 Å². The summed E-state index contributed by atoms with van der Waals surface area (Å²) in [6.45, 7) is 1.97. The number of hydrogen-bond acceptors (Lipinski definition) is 3. The first-order valence-corrected chi connectivity index (χ1v) is 5.60. The Morgan fingerprint density at radius 1 is 1.61 bits per heavy atom. The molecule has 7 heteroatoms. The van der Waals surface area contributed by atoms with E-state index in [1.807, 2.05) is 0 Å². The van der Waals surface area contributed by atoms with E-state index in [4.69, 9.17) is 11.6 Å². The van der Waals surface area contributed by atoms with Crippen LogP contribution >= 0.6 is 11.6 Å². The molecule has 0 radical (unpaired) electrons. The van der Waals surface area contributed by atoms with Gasteiger partial charge in [-0.25, -0.2) is 4.39 Å². The van der Waals surface area contributed by atoms with E-state index in [1.165, 1.54) is 11.9 Å². The van der Waals surface area contributed by atoms with E-state index in [2.05, 4.69) is 0 Å². The fourth-order valence-electron chi connectivity index (χ4n) is 1.46. The highest BCUT2D eigenvalue weighted by molar-refractivity contribution is 6.20. The van der Waals surface area contributed by atoms with E-state index in [1.54, 1.807) is 6.92 Å². The van der Waals surface area contributed by atoms with Crippen molar-refractivity contribution < 1.29 is 14.1 Å². The Hall–Kier alpha value is -1.69. The molecule has 1 unspecified atom stereocenters. The molecular formula is C11H12ClFN2O3. The van der Waals surface area contributed by atoms with E-state index in [0.29, 0.717) is 0 Å². The van der Waals surface area contributed by atoms with Gasteiger partial charge < -0.3 is 4.90 Å². The van der Waals surface area contributed by atoms with E-state index in [-0.39, 0.29) is 17.5 Å². The summed E-state index contributed by atoms with van der Waals surface area (Å²) in [5.41, 5.74) is -0.599. The molecule has 1 aromatic carbocycles. The van der Waals surface area contributed by atoms with Gasteiger partial charge in [-0.2, -0.15) is 0 Å². The molecule has 98 valence electrons. The van der Waals surface area contributed by atoms with Gasteiger partial charge in [-0.05, 0) is 13.0 Å². The SMILES string of the molecule is CC(Cl)CN(C)C(=O)c1ccc([N+](=O)[O-])cc1F. The molecule has 0 saturated carbocycles. The molecule has 1 amide bonds. The molecule has 0 aliphatic rings. The lowest BCUT2D eigenvalue weighted by Gasteiger charge is -2.18. The Morgan fingerprint density at radius 2 is 2.22 bits per heavy atom. The number of carbonyl (C=O) groups is 1. The van der Waals surface area contributed by atoms with Crippen LogP contribution in [0.5, 0.6) is 0 Å². The van der Waals surface area contributed by atoms with Crippen molar-refractivity contribution in [1.82, 2.24) is 4.90 Å². The van der Waals surface area contributed by atoms with Gasteiger partial charge in [0.05, 0.1) is 16.6 Å². The predicted octanol–water partition coefficient (Wildman–Crippen LogP) is 2.43. The zero-order valence-electron chi connectivity index (χ0n) is 9.89. The molecule has 0 spiro atoms. The molecule has 5 nitrogen and oxygen atoms in total. The molecule has 0 aliphatic carbocycles. The van der Waals surface area contributed by atoms with Gasteiger partial charge in [0, 0.05) is 25.0 Å². The Kier molecular flexibility index (Phi) is 4.61. The summed E-state index contributed by atoms with van der Waals surface area (Å²) in [5.74, 6) is -1.47. The lowest BCUT2D eigenvalue weighted by atomic mass is 10.1. The molecule has 0 bridgehead atoms. The Morgan fingerprint density at radius 3 is 2.67 bits per heavy atom. The monoisotopic (exact) mass is 274 g/mol. The minimum Gasteiger partial charge on any atom is -0.340 e. The topological polar surface area (TPSA) is 63.5 Å². The van der Waals surface area contributed by atoms with Gasteiger partial charge in [-0.15, -0.1) is 11.6 Å². The van der Waals surface area contributed by atoms with E-state index in [9.17, 15) is 19.3 Å². The van der Waals surface area contributed by atoms with Crippen LogP contribution < -0.4 is 0 Å². The molecule has 18 heavy (non-hydrogen) atoms. The number of rotatable bonds is 4. The summed E-state index contributed by atoms with van der Waals surface area (Å²) in [4.78, 5) is 22.8. The van der Waals surface area contributed by atoms with Gasteiger partial charge >= 0.3 is 0 Å². The molecule has 0 fully saturated rings. The van der Waals surface area contributed by atoms with Crippen molar-refractivity contribution in [2.75, 3.05) is 13.6 Å². The third kappa shape index (κ3) is 3.40. The number of amides is 1. The summed E-state index contributed by atoms with van der Waals surface area (Å²) in [6.07, 6.45) is 0. The van der Waals surface area contributed by atoms with Crippen LogP contribution in [-0.2, 0) is 0 Å². The first kappa shape index (κ1) is 14.4. The smallest absolute Gasteiger partial charge is 0.272 e. The number of nitro benzene ring substituents is 1. The van der Waals surface area contributed by atoms with Crippen molar-refractivity contribution in [2.24, 2.45) is 0 Å². The second-order valence-electron chi connectivity index (χ2n) is 3.89. The van der Waals surface area contributed by atoms with Gasteiger partial charge in [0.2, 0.25) is 0 Å². The molecule has 1 aromatic rings. The minimum absolute atomic E-state index is 0.208. The fraction of sp³-hybridized carbons (Fsp3) is 0.364. The number of halogens is 2. The van der Waals surface area contributed by atoms with Gasteiger partial charge in [0.1, 0.15) is 5.82 Å². The normalized spacial score (nSPS) is 12.0. The van der Waals surface area contributed by atoms with Crippen LogP contribution in [0.4, 0.5) is 10.1 Å². The molecule has 0 saturated heterocycles. The second kappa shape index (κ2) is 5.77. The molecule has 1 rings (SSSR count). The number of nitro groups is 1. The third-order valence-electron chi connectivity index (χ3n) is 2.27. The van der Waals surface area contributed by atoms with Crippen molar-refractivity contribution in [3.8, 4) is 0 Å². The highest BCUT2D eigenvalue weighted by Gasteiger charge is 2.19. The van der Waals surface area contributed by atoms with Crippen LogP contribution in [-0.4, -0.2) is 34.7 Å². The summed E-state index contributed by atoms with van der Waals surface area (Å²) in [7, 11) is 1.49. The quantitative estimate of drug-likeness (QED) is 0.481. The molecular weight excluding hydrogens is 263 g/mol. The summed E-state index contributed by atoms with van der Waals surface area (Å²) < 4.78 is 13.6. The number of hydrogen-bond donors (Lipinski definition) is 0. The van der Waals surface area contributed by atoms with Crippen molar-refractivity contribution >= 4 is 23.2 Å². The minimum atomic E-state index is -0.914. The Labute approximate surface area is 108 Å². The zero-order chi connectivity index (χ0) is 13.9. The average Bonchev–Trinajstić information content (AvgIpc) is 2.26. The Balaban J connectivity index is 2.96. The Bertz CT molecular complexity index is 479. The maximum Gasteiger partial charge on any atom is 0.272 e. The van der Waals surface area contributed by atoms with Crippen molar-refractivity contribution in [1.29, 1.82) is 0 Å². The van der Waals surface area contributed by atoms with Crippen LogP contribution in [0, 0.1) is 15.9 Å². The van der Waals surface area contributed by atoms with Gasteiger partial charge in [-0.3, -0.25) is 14.9 Å². The summed E-state index contributed by atoms with van der Waals surface area (Å²) in [6, 6.07) is 2.92. The number of alkyl halides is 1. The van der Waals surface area contributed by atoms with E-state index >= 15 is 0 Å². The molecule has 1 atom stereocenters. The van der Waals surface area contributed by atoms with Crippen LogP contribution in [0.25, 0.3) is 0 Å². The molecule has 0 heterocycles. The van der Waals surface area contributed by atoms with Gasteiger partial charge in [-0.1, -0.05) is 0 Å². The highest BCUT2D eigenvalue weighted by atomic mass is 35.5. The number of nitrogens with zero attached hydrogens (tertiary/aromatic N) is 2. The van der Waals surface area contributed by atoms with Crippen molar-refractivity contribution in [2.45, 2.75) is 12.3 Å². The number of benzene rings is 1. The van der Waals surface area contributed by atoms with Crippen LogP contribution in [0.15, 0.2) is 18.2 Å². The zero-order valence-corrected chi connectivity index (χ0v) is 10.6. The van der Waals surface area contributed by atoms with Crippen molar-refractivity contribution in [3.05, 3.63) is 39.7 Å². The average molecular weight is 275 g/mol. The van der Waals surface area contributed by atoms with Gasteiger partial charge in [0.25, 0.3) is 11.6 Å². The highest BCUT2D eigenvalue weighted by Crippen LogP contribution is 2.18. The molecule has 0 N–H and O–H groups in total. The maximum absolute atomic E-state index is 13.6. The number of non-ortho nitro benzene ring substituents is 1. The third-order valence-corrected chi connectivity index (χ3v) is 2.40. The predicted molar refractivity (Wildman–Crippen MR) is 65.3 cm³/mol. The van der Waals surface area contributed by atoms with Crippen LogP contribution in [0.3, 0.4) is 0 Å². The second-order valence-corrected chi connectivity index (χ2v) is 4.63.